The molecular formula is C22H27N5O3S. The molecule has 2 aliphatic rings. The molecular weight excluding hydrogens is 414 g/mol. The molecule has 3 N–H and O–H groups in total. The van der Waals surface area contributed by atoms with Crippen molar-refractivity contribution in [3.63, 3.8) is 0 Å². The van der Waals surface area contributed by atoms with Crippen LogP contribution in [0.3, 0.4) is 0 Å². The first-order chi connectivity index (χ1) is 15.0. The van der Waals surface area contributed by atoms with Crippen LogP contribution in [0.2, 0.25) is 0 Å². The van der Waals surface area contributed by atoms with E-state index in [2.05, 4.69) is 25.7 Å². The number of aromatic nitrogens is 2. The van der Waals surface area contributed by atoms with Gasteiger partial charge in [0.05, 0.1) is 18.0 Å². The molecule has 0 bridgehead atoms. The molecule has 0 unspecified atom stereocenters. The Labute approximate surface area is 184 Å². The number of hydrogen-bond acceptors (Lipinski definition) is 8. The number of benzene rings is 1. The number of carbonyl (C=O) groups excluding carboxylic acids is 1. The van der Waals surface area contributed by atoms with Gasteiger partial charge in [0, 0.05) is 30.7 Å². The summed E-state index contributed by atoms with van der Waals surface area (Å²) in [6, 6.07) is 6.49. The van der Waals surface area contributed by atoms with Gasteiger partial charge in [0.15, 0.2) is 11.4 Å². The van der Waals surface area contributed by atoms with Gasteiger partial charge in [0.1, 0.15) is 10.6 Å². The average molecular weight is 442 g/mol. The number of aliphatic hydroxyl groups is 1. The fraction of sp³-hybridized carbons (Fsp3) is 0.500. The second-order valence-electron chi connectivity index (χ2n) is 8.70. The van der Waals surface area contributed by atoms with E-state index in [0.29, 0.717) is 17.4 Å². The van der Waals surface area contributed by atoms with Gasteiger partial charge in [0.2, 0.25) is 5.91 Å². The van der Waals surface area contributed by atoms with Crippen LogP contribution in [0.4, 0.5) is 5.82 Å². The Hall–Kier alpha value is -2.49. The molecule has 8 nitrogen and oxygen atoms in total. The number of thiazole rings is 1. The van der Waals surface area contributed by atoms with E-state index < -0.39 is 5.60 Å². The Morgan fingerprint density at radius 2 is 2.16 bits per heavy atom. The Balaban J connectivity index is 1.06. The first kappa shape index (κ1) is 20.4. The Morgan fingerprint density at radius 3 is 2.90 bits per heavy atom. The van der Waals surface area contributed by atoms with E-state index in [1.54, 1.807) is 6.20 Å². The van der Waals surface area contributed by atoms with Gasteiger partial charge in [-0.1, -0.05) is 16.8 Å². The number of aryl methyl sites for hydroxylation is 1. The molecule has 5 rings (SSSR count). The summed E-state index contributed by atoms with van der Waals surface area (Å²) in [6.45, 7) is 3.89. The van der Waals surface area contributed by atoms with Gasteiger partial charge in [-0.25, -0.2) is 4.98 Å². The minimum Gasteiger partial charge on any atom is -0.383 e. The molecule has 164 valence electrons. The molecule has 1 aromatic carbocycles. The van der Waals surface area contributed by atoms with Crippen LogP contribution in [0, 0.1) is 6.92 Å². The van der Waals surface area contributed by atoms with E-state index in [9.17, 15) is 9.90 Å². The van der Waals surface area contributed by atoms with E-state index >= 15 is 0 Å². The van der Waals surface area contributed by atoms with Crippen LogP contribution in [-0.4, -0.2) is 57.8 Å². The van der Waals surface area contributed by atoms with Gasteiger partial charge in [0.25, 0.3) is 0 Å². The molecule has 3 heterocycles. The maximum atomic E-state index is 12.4. The first-order valence-corrected chi connectivity index (χ1v) is 11.6. The molecule has 3 aromatic rings. The van der Waals surface area contributed by atoms with Crippen molar-refractivity contribution in [3.8, 4) is 0 Å². The fourth-order valence-electron chi connectivity index (χ4n) is 4.64. The summed E-state index contributed by atoms with van der Waals surface area (Å²) in [7, 11) is 0. The number of hydrogen-bond donors (Lipinski definition) is 3. The monoisotopic (exact) mass is 441 g/mol. The molecule has 9 heteroatoms. The second-order valence-corrected chi connectivity index (χ2v) is 9.60. The van der Waals surface area contributed by atoms with Crippen LogP contribution >= 0.6 is 11.3 Å². The first-order valence-electron chi connectivity index (χ1n) is 10.8. The Morgan fingerprint density at radius 1 is 1.35 bits per heavy atom. The lowest BCUT2D eigenvalue weighted by Crippen LogP contribution is -2.63. The van der Waals surface area contributed by atoms with Crippen molar-refractivity contribution in [3.05, 3.63) is 40.3 Å². The summed E-state index contributed by atoms with van der Waals surface area (Å²) in [4.78, 5) is 19.1. The highest BCUT2D eigenvalue weighted by molar-refractivity contribution is 7.09. The zero-order valence-corrected chi connectivity index (χ0v) is 18.3. The number of rotatable bonds is 6. The molecule has 1 aliphatic carbocycles. The number of amides is 1. The standard InChI is InChI=1S/C22H27N5O3S/c1-14-2-3-18-17(10-14)20(26-30-18)24-11-19(28)25-15-12-27(13-15)16-4-6-22(29,7-5-16)21-23-8-9-31-21/h2-3,8-10,15-16,29H,4-7,11-13H2,1H3,(H,24,26)(H,25,28)/t16-,22-. The Bertz CT molecular complexity index is 1050. The van der Waals surface area contributed by atoms with E-state index in [-0.39, 0.29) is 18.5 Å². The van der Waals surface area contributed by atoms with Crippen molar-refractivity contribution in [1.82, 2.24) is 20.4 Å². The molecule has 2 aromatic heterocycles. The number of carbonyl (C=O) groups is 1. The zero-order chi connectivity index (χ0) is 21.4. The molecule has 31 heavy (non-hydrogen) atoms. The smallest absolute Gasteiger partial charge is 0.239 e. The number of anilines is 1. The van der Waals surface area contributed by atoms with Crippen molar-refractivity contribution in [2.24, 2.45) is 0 Å². The van der Waals surface area contributed by atoms with Crippen molar-refractivity contribution in [2.45, 2.75) is 50.3 Å². The van der Waals surface area contributed by atoms with Crippen LogP contribution in [-0.2, 0) is 10.4 Å². The van der Waals surface area contributed by atoms with Crippen LogP contribution < -0.4 is 10.6 Å². The molecule has 0 atom stereocenters. The quantitative estimate of drug-likeness (QED) is 0.540. The van der Waals surface area contributed by atoms with Crippen molar-refractivity contribution in [2.75, 3.05) is 25.0 Å². The van der Waals surface area contributed by atoms with Crippen LogP contribution in [0.5, 0.6) is 0 Å². The third-order valence-corrected chi connectivity index (χ3v) is 7.41. The molecule has 1 saturated carbocycles. The largest absolute Gasteiger partial charge is 0.383 e. The van der Waals surface area contributed by atoms with E-state index in [4.69, 9.17) is 4.52 Å². The van der Waals surface area contributed by atoms with Crippen LogP contribution in [0.15, 0.2) is 34.3 Å². The summed E-state index contributed by atoms with van der Waals surface area (Å²) in [6.07, 6.45) is 5.16. The third-order valence-electron chi connectivity index (χ3n) is 6.45. The minimum atomic E-state index is -0.765. The number of nitrogens with one attached hydrogen (secondary N) is 2. The lowest BCUT2D eigenvalue weighted by molar-refractivity contribution is -0.121. The molecule has 1 amide bonds. The Kier molecular flexibility index (Phi) is 5.41. The fourth-order valence-corrected chi connectivity index (χ4v) is 5.43. The second kappa shape index (κ2) is 8.22. The van der Waals surface area contributed by atoms with Gasteiger partial charge in [-0.05, 0) is 44.7 Å². The summed E-state index contributed by atoms with van der Waals surface area (Å²) < 4.78 is 5.30. The van der Waals surface area contributed by atoms with Gasteiger partial charge >= 0.3 is 0 Å². The number of nitrogens with zero attached hydrogens (tertiary/aromatic N) is 3. The highest BCUT2D eigenvalue weighted by Gasteiger charge is 2.41. The van der Waals surface area contributed by atoms with E-state index in [0.717, 1.165) is 54.7 Å². The molecule has 0 radical (unpaired) electrons. The highest BCUT2D eigenvalue weighted by atomic mass is 32.1. The summed E-state index contributed by atoms with van der Waals surface area (Å²) >= 11 is 1.53. The van der Waals surface area contributed by atoms with Crippen molar-refractivity contribution < 1.29 is 14.4 Å². The van der Waals surface area contributed by atoms with Gasteiger partial charge in [-0.2, -0.15) is 0 Å². The van der Waals surface area contributed by atoms with Gasteiger partial charge in [-0.3, -0.25) is 9.69 Å². The summed E-state index contributed by atoms with van der Waals surface area (Å²) in [5.41, 5.74) is 1.06. The minimum absolute atomic E-state index is 0.0461. The van der Waals surface area contributed by atoms with E-state index in [1.165, 1.54) is 11.3 Å². The van der Waals surface area contributed by atoms with E-state index in [1.807, 2.05) is 30.5 Å². The maximum Gasteiger partial charge on any atom is 0.239 e. The number of fused-ring (bicyclic) bond motifs is 1. The highest BCUT2D eigenvalue weighted by Crippen LogP contribution is 2.40. The number of likely N-dealkylation sites (tertiary alicyclic amines) is 1. The SMILES string of the molecule is Cc1ccc2onc(NCC(=O)NC3CN([C@H]4CC[C@@](O)(c5nccs5)CC4)C3)c2c1. The summed E-state index contributed by atoms with van der Waals surface area (Å²) in [5.74, 6) is 0.550. The molecule has 0 spiro atoms. The predicted molar refractivity (Wildman–Crippen MR) is 119 cm³/mol. The summed E-state index contributed by atoms with van der Waals surface area (Å²) in [5, 5.41) is 24.7. The topological polar surface area (TPSA) is 104 Å². The maximum absolute atomic E-state index is 12.4. The van der Waals surface area contributed by atoms with Crippen molar-refractivity contribution in [1.29, 1.82) is 0 Å². The lowest BCUT2D eigenvalue weighted by atomic mass is 9.81. The third kappa shape index (κ3) is 4.17. The average Bonchev–Trinajstić information content (AvgIpc) is 3.40. The van der Waals surface area contributed by atoms with Gasteiger partial charge in [-0.15, -0.1) is 11.3 Å². The van der Waals surface area contributed by atoms with Crippen molar-refractivity contribution >= 4 is 34.0 Å². The normalized spacial score (nSPS) is 24.8. The molecule has 1 saturated heterocycles. The lowest BCUT2D eigenvalue weighted by Gasteiger charge is -2.47. The predicted octanol–water partition coefficient (Wildman–Crippen LogP) is 2.64. The van der Waals surface area contributed by atoms with Crippen LogP contribution in [0.1, 0.15) is 36.3 Å². The molecule has 2 fully saturated rings. The zero-order valence-electron chi connectivity index (χ0n) is 17.5. The van der Waals surface area contributed by atoms with Crippen LogP contribution in [0.25, 0.3) is 11.0 Å². The van der Waals surface area contributed by atoms with Gasteiger partial charge < -0.3 is 20.3 Å². The molecule has 1 aliphatic heterocycles.